The van der Waals surface area contributed by atoms with Crippen molar-refractivity contribution in [3.63, 3.8) is 0 Å². The summed E-state index contributed by atoms with van der Waals surface area (Å²) in [6, 6.07) is 29.1. The third kappa shape index (κ3) is 9.70. The molecule has 0 radical (unpaired) electrons. The van der Waals surface area contributed by atoms with Gasteiger partial charge in [-0.1, -0.05) is 72.4 Å². The van der Waals surface area contributed by atoms with E-state index in [0.717, 1.165) is 27.9 Å². The monoisotopic (exact) mass is 709 g/mol. The summed E-state index contributed by atoms with van der Waals surface area (Å²) in [6.45, 7) is 0.300. The van der Waals surface area contributed by atoms with E-state index >= 15 is 0 Å². The van der Waals surface area contributed by atoms with Crippen LogP contribution in [-0.2, 0) is 32.2 Å². The summed E-state index contributed by atoms with van der Waals surface area (Å²) in [4.78, 5) is 24.7. The predicted molar refractivity (Wildman–Crippen MR) is 192 cm³/mol. The van der Waals surface area contributed by atoms with E-state index in [9.17, 15) is 19.8 Å². The number of aliphatic hydroxyl groups excluding tert-OH is 1. The summed E-state index contributed by atoms with van der Waals surface area (Å²) < 4.78 is 14.6. The molecule has 0 aliphatic carbocycles. The highest BCUT2D eigenvalue weighted by Crippen LogP contribution is 2.39. The molecule has 3 atom stereocenters. The number of carbonyl (C=O) groups is 2. The summed E-state index contributed by atoms with van der Waals surface area (Å²) in [5.74, 6) is 0.373. The molecule has 1 aliphatic rings. The Hall–Kier alpha value is -5.28. The molecule has 1 saturated heterocycles. The van der Waals surface area contributed by atoms with E-state index in [4.69, 9.17) is 15.2 Å². The van der Waals surface area contributed by atoms with Gasteiger partial charge in [0, 0.05) is 37.1 Å². The van der Waals surface area contributed by atoms with Crippen LogP contribution < -0.4 is 16.4 Å². The Bertz CT molecular complexity index is 1900. The van der Waals surface area contributed by atoms with Gasteiger partial charge in [0.2, 0.25) is 17.0 Å². The second kappa shape index (κ2) is 17.1. The number of ether oxygens (including phenoxy) is 2. The molecule has 6 N–H and O–H groups in total. The number of aliphatic hydroxyl groups is 1. The number of nitrogens with zero attached hydrogens (tertiary/aromatic N) is 4. The molecule has 6 rings (SSSR count). The van der Waals surface area contributed by atoms with Crippen molar-refractivity contribution in [1.82, 2.24) is 25.5 Å². The smallest absolute Gasteiger partial charge is 0.224 e. The van der Waals surface area contributed by atoms with Gasteiger partial charge in [0.15, 0.2) is 6.29 Å². The number of hydrogen-bond donors (Lipinski definition) is 5. The van der Waals surface area contributed by atoms with E-state index in [1.165, 1.54) is 11.8 Å². The number of hydrogen-bond acceptors (Lipinski definition) is 11. The molecule has 13 nitrogen and oxygen atoms in total. The minimum Gasteiger partial charge on any atom is -0.508 e. The molecule has 2 heterocycles. The zero-order valence-electron chi connectivity index (χ0n) is 27.7. The topological polar surface area (TPSA) is 187 Å². The number of benzene rings is 4. The van der Waals surface area contributed by atoms with E-state index in [0.29, 0.717) is 41.7 Å². The highest BCUT2D eigenvalue weighted by atomic mass is 32.2. The highest BCUT2D eigenvalue weighted by molar-refractivity contribution is 7.99. The van der Waals surface area contributed by atoms with Gasteiger partial charge < -0.3 is 36.1 Å². The van der Waals surface area contributed by atoms with Gasteiger partial charge in [-0.15, -0.1) is 5.10 Å². The van der Waals surface area contributed by atoms with Gasteiger partial charge in [-0.25, -0.2) is 0 Å². The van der Waals surface area contributed by atoms with Crippen molar-refractivity contribution in [2.24, 2.45) is 0 Å². The van der Waals surface area contributed by atoms with Gasteiger partial charge in [0.25, 0.3) is 0 Å². The fourth-order valence-electron chi connectivity index (χ4n) is 5.53. The lowest BCUT2D eigenvalue weighted by Crippen LogP contribution is -2.31. The number of carbonyl (C=O) groups excluding carboxylic acids is 2. The van der Waals surface area contributed by atoms with E-state index in [1.807, 2.05) is 48.5 Å². The van der Waals surface area contributed by atoms with Crippen molar-refractivity contribution in [3.8, 4) is 11.4 Å². The maximum Gasteiger partial charge on any atom is 0.224 e. The van der Waals surface area contributed by atoms with Gasteiger partial charge in [-0.2, -0.15) is 4.68 Å². The predicted octanol–water partition coefficient (Wildman–Crippen LogP) is 5.21. The van der Waals surface area contributed by atoms with Crippen molar-refractivity contribution in [2.75, 3.05) is 16.8 Å². The number of aromatic hydroxyl groups is 1. The van der Waals surface area contributed by atoms with Crippen molar-refractivity contribution >= 4 is 35.0 Å². The maximum absolute atomic E-state index is 12.5. The van der Waals surface area contributed by atoms with E-state index in [1.54, 1.807) is 53.2 Å². The summed E-state index contributed by atoms with van der Waals surface area (Å²) in [5.41, 5.74) is 11.2. The first kappa shape index (κ1) is 35.5. The lowest BCUT2D eigenvalue weighted by Gasteiger charge is -2.36. The van der Waals surface area contributed by atoms with Gasteiger partial charge >= 0.3 is 0 Å². The van der Waals surface area contributed by atoms with E-state index < -0.39 is 6.29 Å². The number of rotatable bonds is 14. The molecule has 0 saturated carbocycles. The van der Waals surface area contributed by atoms with Crippen LogP contribution in [0.1, 0.15) is 60.3 Å². The number of para-hydroxylation sites is 2. The van der Waals surface area contributed by atoms with Gasteiger partial charge in [0.05, 0.1) is 35.9 Å². The maximum atomic E-state index is 12.5. The number of tetrazole rings is 1. The molecule has 51 heavy (non-hydrogen) atoms. The van der Waals surface area contributed by atoms with Crippen LogP contribution in [0.3, 0.4) is 0 Å². The summed E-state index contributed by atoms with van der Waals surface area (Å²) in [6.07, 6.45) is 0.304. The van der Waals surface area contributed by atoms with Crippen LogP contribution in [0.2, 0.25) is 0 Å². The average molecular weight is 710 g/mol. The van der Waals surface area contributed by atoms with Gasteiger partial charge in [-0.3, -0.25) is 9.59 Å². The van der Waals surface area contributed by atoms with Crippen LogP contribution in [0.25, 0.3) is 5.69 Å². The third-order valence-electron chi connectivity index (χ3n) is 8.33. The van der Waals surface area contributed by atoms with Crippen LogP contribution >= 0.6 is 11.8 Å². The Morgan fingerprint density at radius 1 is 0.882 bits per heavy atom. The number of phenolic OH excluding ortho intramolecular Hbond substituents is 1. The molecule has 1 aliphatic heterocycles. The number of amides is 2. The zero-order chi connectivity index (χ0) is 35.6. The Labute approximate surface area is 299 Å². The molecule has 0 bridgehead atoms. The Morgan fingerprint density at radius 2 is 1.59 bits per heavy atom. The van der Waals surface area contributed by atoms with Crippen molar-refractivity contribution in [1.29, 1.82) is 0 Å². The number of aromatic nitrogens is 4. The van der Waals surface area contributed by atoms with Gasteiger partial charge in [0.1, 0.15) is 5.75 Å². The molecule has 2 amide bonds. The highest BCUT2D eigenvalue weighted by Gasteiger charge is 2.32. The Kier molecular flexibility index (Phi) is 11.9. The van der Waals surface area contributed by atoms with Crippen molar-refractivity contribution in [2.45, 2.75) is 62.5 Å². The molecule has 264 valence electrons. The number of thioether (sulfide) groups is 1. The largest absolute Gasteiger partial charge is 0.508 e. The lowest BCUT2D eigenvalue weighted by atomic mass is 10.0. The fourth-order valence-corrected chi connectivity index (χ4v) is 6.44. The Morgan fingerprint density at radius 3 is 2.33 bits per heavy atom. The minimum absolute atomic E-state index is 0.0405. The minimum atomic E-state index is -0.652. The lowest BCUT2D eigenvalue weighted by molar-refractivity contribution is -0.245. The number of phenols is 1. The molecule has 3 unspecified atom stereocenters. The Balaban J connectivity index is 1.04. The second-order valence-electron chi connectivity index (χ2n) is 12.1. The third-order valence-corrected chi connectivity index (χ3v) is 9.38. The first-order chi connectivity index (χ1) is 24.8. The molecule has 5 aromatic rings. The van der Waals surface area contributed by atoms with Crippen LogP contribution in [-0.4, -0.2) is 54.1 Å². The molecular formula is C37H39N7O6S. The standard InChI is InChI=1S/C37H39N7O6S/c38-31-4-1-2-5-32(31)40-35(48)7-3-6-34(47)39-21-24-8-14-27(15-9-24)36-49-30(20-33(50-36)26-12-10-25(22-45)11-13-26)23-51-37-41-42-43-44(37)28-16-18-29(46)19-17-28/h1-2,4-5,8-19,30,33,36,45-46H,3,6-7,20-23,38H2,(H,39,47)(H,40,48). The van der Waals surface area contributed by atoms with E-state index in [-0.39, 0.29) is 49.2 Å². The summed E-state index contributed by atoms with van der Waals surface area (Å²) in [7, 11) is 0. The molecule has 1 aromatic heterocycles. The SMILES string of the molecule is Nc1ccccc1NC(=O)CCCC(=O)NCc1ccc(C2OC(CSc3nnnn3-c3ccc(O)cc3)CC(c3ccc(CO)cc3)O2)cc1. The summed E-state index contributed by atoms with van der Waals surface area (Å²) in [5, 5.41) is 37.6. The molecule has 4 aromatic carbocycles. The number of nitrogens with two attached hydrogens (primary N) is 1. The fraction of sp³-hybridized carbons (Fsp3) is 0.270. The van der Waals surface area contributed by atoms with Gasteiger partial charge in [-0.05, 0) is 69.9 Å². The van der Waals surface area contributed by atoms with Crippen molar-refractivity contribution in [3.05, 3.63) is 119 Å². The second-order valence-corrected chi connectivity index (χ2v) is 13.0. The quantitative estimate of drug-likeness (QED) is 0.0753. The van der Waals surface area contributed by atoms with Crippen molar-refractivity contribution < 1.29 is 29.3 Å². The average Bonchev–Trinajstić information content (AvgIpc) is 3.63. The number of nitrogens with one attached hydrogen (secondary N) is 2. The van der Waals surface area contributed by atoms with Crippen LogP contribution in [0, 0.1) is 0 Å². The van der Waals surface area contributed by atoms with E-state index in [2.05, 4.69) is 26.2 Å². The van der Waals surface area contributed by atoms with Crippen LogP contribution in [0.4, 0.5) is 11.4 Å². The zero-order valence-corrected chi connectivity index (χ0v) is 28.5. The number of nitrogen functional groups attached to an aromatic ring is 1. The normalized spacial score (nSPS) is 17.2. The first-order valence-corrected chi connectivity index (χ1v) is 17.5. The summed E-state index contributed by atoms with van der Waals surface area (Å²) >= 11 is 1.46. The molecule has 14 heteroatoms. The first-order valence-electron chi connectivity index (χ1n) is 16.6. The number of anilines is 2. The van der Waals surface area contributed by atoms with Crippen LogP contribution in [0.5, 0.6) is 5.75 Å². The molecule has 1 fully saturated rings. The molecular weight excluding hydrogens is 671 g/mol. The van der Waals surface area contributed by atoms with Crippen LogP contribution in [0.15, 0.2) is 102 Å². The molecule has 0 spiro atoms.